The topological polar surface area (TPSA) is 77.0 Å². The van der Waals surface area contributed by atoms with Gasteiger partial charge in [-0.15, -0.1) is 10.2 Å². The number of carbonyl (C=O) groups is 1. The molecule has 0 unspecified atom stereocenters. The van der Waals surface area contributed by atoms with Crippen molar-refractivity contribution < 1.29 is 19.0 Å². The van der Waals surface area contributed by atoms with Gasteiger partial charge in [-0.05, 0) is 55.5 Å². The van der Waals surface area contributed by atoms with Crippen LogP contribution in [0.1, 0.15) is 17.3 Å². The van der Waals surface area contributed by atoms with E-state index in [-0.39, 0.29) is 5.91 Å². The largest absolute Gasteiger partial charge is 0.494 e. The first-order chi connectivity index (χ1) is 16.1. The van der Waals surface area contributed by atoms with Crippen LogP contribution in [0.25, 0.3) is 11.3 Å². The van der Waals surface area contributed by atoms with E-state index < -0.39 is 0 Å². The minimum atomic E-state index is -0.0673. The summed E-state index contributed by atoms with van der Waals surface area (Å²) in [5.74, 6) is 2.58. The summed E-state index contributed by atoms with van der Waals surface area (Å²) < 4.78 is 16.2. The fraction of sp³-hybridized carbons (Fsp3) is 0.320. The standard InChI is InChI=1S/C25H28N4O4/c1-4-33-19-10-8-18(9-11-19)21-12-13-23(27-26-21)28-14-16-29(17-15-28)25(30)20-6-5-7-22(31-2)24(20)32-3/h5-13H,4,14-17H2,1-3H3. The Hall–Kier alpha value is -3.81. The number of ether oxygens (including phenoxy) is 3. The molecule has 0 N–H and O–H groups in total. The molecule has 1 aliphatic rings. The second-order valence-electron chi connectivity index (χ2n) is 7.55. The monoisotopic (exact) mass is 448 g/mol. The maximum Gasteiger partial charge on any atom is 0.257 e. The summed E-state index contributed by atoms with van der Waals surface area (Å²) >= 11 is 0. The van der Waals surface area contributed by atoms with Crippen LogP contribution in [0.3, 0.4) is 0 Å². The summed E-state index contributed by atoms with van der Waals surface area (Å²) in [6.45, 7) is 5.12. The van der Waals surface area contributed by atoms with Gasteiger partial charge in [0, 0.05) is 31.7 Å². The molecule has 0 atom stereocenters. The molecule has 1 amide bonds. The molecular formula is C25H28N4O4. The van der Waals surface area contributed by atoms with E-state index in [1.54, 1.807) is 32.4 Å². The average molecular weight is 449 g/mol. The van der Waals surface area contributed by atoms with Gasteiger partial charge in [-0.25, -0.2) is 0 Å². The minimum absolute atomic E-state index is 0.0673. The summed E-state index contributed by atoms with van der Waals surface area (Å²) in [7, 11) is 3.11. The van der Waals surface area contributed by atoms with E-state index in [2.05, 4.69) is 15.1 Å². The molecule has 0 aliphatic carbocycles. The summed E-state index contributed by atoms with van der Waals surface area (Å²) in [4.78, 5) is 17.1. The third-order valence-corrected chi connectivity index (χ3v) is 5.64. The quantitative estimate of drug-likeness (QED) is 0.547. The number of amides is 1. The zero-order valence-electron chi connectivity index (χ0n) is 19.2. The number of hydrogen-bond acceptors (Lipinski definition) is 7. The molecule has 2 aromatic carbocycles. The molecule has 3 aromatic rings. The number of benzene rings is 2. The number of carbonyl (C=O) groups excluding carboxylic acids is 1. The summed E-state index contributed by atoms with van der Waals surface area (Å²) in [5, 5.41) is 8.82. The average Bonchev–Trinajstić information content (AvgIpc) is 2.88. The van der Waals surface area contributed by atoms with Crippen molar-refractivity contribution in [1.29, 1.82) is 0 Å². The van der Waals surface area contributed by atoms with Crippen molar-refractivity contribution in [2.45, 2.75) is 6.92 Å². The Labute approximate surface area is 193 Å². The molecular weight excluding hydrogens is 420 g/mol. The molecule has 4 rings (SSSR count). The molecule has 2 heterocycles. The number of piperazine rings is 1. The zero-order chi connectivity index (χ0) is 23.2. The third kappa shape index (κ3) is 4.84. The van der Waals surface area contributed by atoms with Crippen molar-refractivity contribution in [2.75, 3.05) is 51.9 Å². The molecule has 0 radical (unpaired) electrons. The number of methoxy groups -OCH3 is 2. The van der Waals surface area contributed by atoms with E-state index in [9.17, 15) is 4.79 Å². The Morgan fingerprint density at radius 1 is 0.909 bits per heavy atom. The molecule has 1 aromatic heterocycles. The van der Waals surface area contributed by atoms with Gasteiger partial charge < -0.3 is 24.0 Å². The van der Waals surface area contributed by atoms with Gasteiger partial charge in [0.05, 0.1) is 32.1 Å². The van der Waals surface area contributed by atoms with Gasteiger partial charge in [0.25, 0.3) is 5.91 Å². The van der Waals surface area contributed by atoms with E-state index in [4.69, 9.17) is 14.2 Å². The van der Waals surface area contributed by atoms with Crippen molar-refractivity contribution in [1.82, 2.24) is 15.1 Å². The van der Waals surface area contributed by atoms with Crippen molar-refractivity contribution in [2.24, 2.45) is 0 Å². The molecule has 172 valence electrons. The lowest BCUT2D eigenvalue weighted by Gasteiger charge is -2.35. The van der Waals surface area contributed by atoms with Gasteiger partial charge in [0.2, 0.25) is 0 Å². The summed E-state index contributed by atoms with van der Waals surface area (Å²) in [5.41, 5.74) is 2.30. The van der Waals surface area contributed by atoms with Crippen molar-refractivity contribution in [3.05, 3.63) is 60.2 Å². The van der Waals surface area contributed by atoms with E-state index in [0.29, 0.717) is 49.8 Å². The first kappa shape index (κ1) is 22.4. The smallest absolute Gasteiger partial charge is 0.257 e. The van der Waals surface area contributed by atoms with Crippen molar-refractivity contribution in [3.63, 3.8) is 0 Å². The minimum Gasteiger partial charge on any atom is -0.494 e. The highest BCUT2D eigenvalue weighted by molar-refractivity contribution is 5.98. The molecule has 33 heavy (non-hydrogen) atoms. The van der Waals surface area contributed by atoms with E-state index in [0.717, 1.165) is 22.8 Å². The van der Waals surface area contributed by atoms with Crippen molar-refractivity contribution >= 4 is 11.7 Å². The lowest BCUT2D eigenvalue weighted by Crippen LogP contribution is -2.49. The van der Waals surface area contributed by atoms with Gasteiger partial charge in [-0.2, -0.15) is 0 Å². The number of aromatic nitrogens is 2. The first-order valence-electron chi connectivity index (χ1n) is 11.0. The van der Waals surface area contributed by atoms with Crippen LogP contribution in [-0.2, 0) is 0 Å². The lowest BCUT2D eigenvalue weighted by molar-refractivity contribution is 0.0742. The number of rotatable bonds is 7. The second kappa shape index (κ2) is 10.2. The van der Waals surface area contributed by atoms with E-state index >= 15 is 0 Å². The summed E-state index contributed by atoms with van der Waals surface area (Å²) in [6, 6.07) is 17.1. The predicted octanol–water partition coefficient (Wildman–Crippen LogP) is 3.52. The SMILES string of the molecule is CCOc1ccc(-c2ccc(N3CCN(C(=O)c4cccc(OC)c4OC)CC3)nn2)cc1. The number of nitrogens with zero attached hydrogens (tertiary/aromatic N) is 4. The molecule has 1 aliphatic heterocycles. The number of anilines is 1. The van der Waals surface area contributed by atoms with Gasteiger partial charge >= 0.3 is 0 Å². The Morgan fingerprint density at radius 3 is 2.27 bits per heavy atom. The lowest BCUT2D eigenvalue weighted by atomic mass is 10.1. The fourth-order valence-electron chi connectivity index (χ4n) is 3.90. The predicted molar refractivity (Wildman–Crippen MR) is 126 cm³/mol. The van der Waals surface area contributed by atoms with Crippen LogP contribution in [0.15, 0.2) is 54.6 Å². The van der Waals surface area contributed by atoms with Crippen LogP contribution in [-0.4, -0.2) is 68.0 Å². The fourth-order valence-corrected chi connectivity index (χ4v) is 3.90. The third-order valence-electron chi connectivity index (χ3n) is 5.64. The molecule has 8 heteroatoms. The molecule has 0 bridgehead atoms. The Balaban J connectivity index is 1.39. The van der Waals surface area contributed by atoms with Crippen LogP contribution in [0.4, 0.5) is 5.82 Å². The highest BCUT2D eigenvalue weighted by Gasteiger charge is 2.26. The van der Waals surface area contributed by atoms with Gasteiger partial charge in [-0.3, -0.25) is 4.79 Å². The second-order valence-corrected chi connectivity index (χ2v) is 7.55. The van der Waals surface area contributed by atoms with Crippen LogP contribution in [0.2, 0.25) is 0 Å². The molecule has 0 spiro atoms. The normalized spacial score (nSPS) is 13.5. The summed E-state index contributed by atoms with van der Waals surface area (Å²) in [6.07, 6.45) is 0. The maximum atomic E-state index is 13.1. The Morgan fingerprint density at radius 2 is 1.67 bits per heavy atom. The highest BCUT2D eigenvalue weighted by atomic mass is 16.5. The number of hydrogen-bond donors (Lipinski definition) is 0. The van der Waals surface area contributed by atoms with Gasteiger partial charge in [0.1, 0.15) is 5.75 Å². The Kier molecular flexibility index (Phi) is 6.92. The van der Waals surface area contributed by atoms with Gasteiger partial charge in [0.15, 0.2) is 17.3 Å². The molecule has 0 saturated carbocycles. The van der Waals surface area contributed by atoms with Gasteiger partial charge in [-0.1, -0.05) is 6.07 Å². The molecule has 8 nitrogen and oxygen atoms in total. The van der Waals surface area contributed by atoms with E-state index in [1.165, 1.54) is 0 Å². The van der Waals surface area contributed by atoms with Crippen molar-refractivity contribution in [3.8, 4) is 28.5 Å². The first-order valence-corrected chi connectivity index (χ1v) is 11.0. The van der Waals surface area contributed by atoms with Crippen LogP contribution < -0.4 is 19.1 Å². The Bertz CT molecular complexity index is 1080. The number of para-hydroxylation sites is 1. The van der Waals surface area contributed by atoms with Crippen LogP contribution in [0.5, 0.6) is 17.2 Å². The molecule has 1 saturated heterocycles. The maximum absolute atomic E-state index is 13.1. The van der Waals surface area contributed by atoms with Crippen LogP contribution in [0, 0.1) is 0 Å². The molecule has 1 fully saturated rings. The van der Waals surface area contributed by atoms with E-state index in [1.807, 2.05) is 48.2 Å². The van der Waals surface area contributed by atoms with Crippen LogP contribution >= 0.6 is 0 Å². The highest BCUT2D eigenvalue weighted by Crippen LogP contribution is 2.32. The zero-order valence-corrected chi connectivity index (χ0v) is 19.2.